The molecule has 1 unspecified atom stereocenters. The third kappa shape index (κ3) is 6.02. The van der Waals surface area contributed by atoms with Crippen molar-refractivity contribution >= 4 is 10.5 Å². The lowest BCUT2D eigenvalue weighted by Gasteiger charge is -2.12. The van der Waals surface area contributed by atoms with E-state index in [1.165, 1.54) is 0 Å². The lowest BCUT2D eigenvalue weighted by molar-refractivity contribution is -0.0720. The second-order valence-corrected chi connectivity index (χ2v) is 3.00. The molecule has 0 aromatic carbocycles. The summed E-state index contributed by atoms with van der Waals surface area (Å²) in [5.41, 5.74) is 0. The zero-order valence-corrected chi connectivity index (χ0v) is 8.68. The van der Waals surface area contributed by atoms with Crippen LogP contribution in [0.2, 0.25) is 0 Å². The summed E-state index contributed by atoms with van der Waals surface area (Å²) in [6.45, 7) is 6.97. The van der Waals surface area contributed by atoms with Crippen LogP contribution in [0.4, 0.5) is 0 Å². The molecule has 9 heavy (non-hydrogen) atoms. The maximum Gasteiger partial charge on any atom is 0.149 e. The summed E-state index contributed by atoms with van der Waals surface area (Å²) in [6, 6.07) is 0. The predicted molar refractivity (Wildman–Crippen MR) is 41.3 cm³/mol. The van der Waals surface area contributed by atoms with Crippen LogP contribution in [0.3, 0.4) is 0 Å². The summed E-state index contributed by atoms with van der Waals surface area (Å²) in [4.78, 5) is 0. The van der Waals surface area contributed by atoms with Gasteiger partial charge in [-0.25, -0.2) is 0 Å². The molecule has 0 aromatic rings. The van der Waals surface area contributed by atoms with Crippen LogP contribution in [0.15, 0.2) is 0 Å². The SMILES string of the molecule is CC(C)COC(C)O[SiH3]. The number of ether oxygens (including phenoxy) is 1. The zero-order valence-electron chi connectivity index (χ0n) is 6.68. The van der Waals surface area contributed by atoms with Crippen molar-refractivity contribution in [3.05, 3.63) is 0 Å². The maximum absolute atomic E-state index is 5.27. The van der Waals surface area contributed by atoms with Gasteiger partial charge in [0.15, 0.2) is 0 Å². The molecule has 0 aliphatic carbocycles. The number of rotatable bonds is 4. The second-order valence-electron chi connectivity index (χ2n) is 2.53. The van der Waals surface area contributed by atoms with Gasteiger partial charge in [-0.15, -0.1) is 0 Å². The van der Waals surface area contributed by atoms with E-state index in [9.17, 15) is 0 Å². The minimum atomic E-state index is -0.000864. The molecule has 0 saturated carbocycles. The van der Waals surface area contributed by atoms with Gasteiger partial charge in [-0.2, -0.15) is 0 Å². The van der Waals surface area contributed by atoms with Crippen LogP contribution < -0.4 is 0 Å². The zero-order chi connectivity index (χ0) is 7.28. The van der Waals surface area contributed by atoms with Crippen molar-refractivity contribution in [2.24, 2.45) is 5.92 Å². The Hall–Kier alpha value is 0.137. The van der Waals surface area contributed by atoms with E-state index in [1.807, 2.05) is 6.92 Å². The van der Waals surface area contributed by atoms with Crippen molar-refractivity contribution < 1.29 is 9.16 Å². The van der Waals surface area contributed by atoms with Crippen molar-refractivity contribution in [2.75, 3.05) is 6.61 Å². The molecule has 0 amide bonds. The monoisotopic (exact) mass is 148 g/mol. The van der Waals surface area contributed by atoms with Gasteiger partial charge in [0.25, 0.3) is 0 Å². The second kappa shape index (κ2) is 4.96. The summed E-state index contributed by atoms with van der Waals surface area (Å²) >= 11 is 0. The highest BCUT2D eigenvalue weighted by molar-refractivity contribution is 5.98. The average molecular weight is 148 g/mol. The molecular formula is C6H16O2Si. The van der Waals surface area contributed by atoms with Gasteiger partial charge in [0.2, 0.25) is 0 Å². The molecule has 0 aromatic heterocycles. The maximum atomic E-state index is 5.27. The Labute approximate surface area is 60.1 Å². The first-order valence-corrected chi connectivity index (χ1v) is 4.13. The largest absolute Gasteiger partial charge is 0.404 e. The van der Waals surface area contributed by atoms with Gasteiger partial charge in [-0.05, 0) is 12.8 Å². The summed E-state index contributed by atoms with van der Waals surface area (Å²) in [5, 5.41) is 0. The molecule has 0 bridgehead atoms. The van der Waals surface area contributed by atoms with E-state index in [-0.39, 0.29) is 6.29 Å². The Morgan fingerprint density at radius 1 is 1.33 bits per heavy atom. The van der Waals surface area contributed by atoms with Gasteiger partial charge in [0, 0.05) is 0 Å². The lowest BCUT2D eigenvalue weighted by atomic mass is 10.2. The van der Waals surface area contributed by atoms with E-state index in [2.05, 4.69) is 13.8 Å². The van der Waals surface area contributed by atoms with E-state index < -0.39 is 0 Å². The fourth-order valence-electron chi connectivity index (χ4n) is 0.396. The highest BCUT2D eigenvalue weighted by Gasteiger charge is 1.98. The van der Waals surface area contributed by atoms with E-state index in [0.717, 1.165) is 17.1 Å². The van der Waals surface area contributed by atoms with Crippen LogP contribution in [0.25, 0.3) is 0 Å². The van der Waals surface area contributed by atoms with Crippen molar-refractivity contribution in [1.29, 1.82) is 0 Å². The van der Waals surface area contributed by atoms with Gasteiger partial charge in [-0.3, -0.25) is 0 Å². The fraction of sp³-hybridized carbons (Fsp3) is 1.00. The highest BCUT2D eigenvalue weighted by Crippen LogP contribution is 1.96. The van der Waals surface area contributed by atoms with Crippen molar-refractivity contribution in [3.63, 3.8) is 0 Å². The van der Waals surface area contributed by atoms with Gasteiger partial charge < -0.3 is 9.16 Å². The van der Waals surface area contributed by atoms with Crippen molar-refractivity contribution in [1.82, 2.24) is 0 Å². The summed E-state index contributed by atoms with van der Waals surface area (Å²) in [5.74, 6) is 0.601. The predicted octanol–water partition coefficient (Wildman–Crippen LogP) is 0.302. The Balaban J connectivity index is 3.06. The third-order valence-electron chi connectivity index (χ3n) is 0.996. The van der Waals surface area contributed by atoms with Crippen LogP contribution in [-0.4, -0.2) is 23.4 Å². The van der Waals surface area contributed by atoms with Crippen LogP contribution in [0, 0.1) is 5.92 Å². The molecule has 0 saturated heterocycles. The summed E-state index contributed by atoms with van der Waals surface area (Å²) in [6.07, 6.45) is -0.000864. The van der Waals surface area contributed by atoms with E-state index in [1.54, 1.807) is 0 Å². The average Bonchev–Trinajstić information content (AvgIpc) is 1.83. The standard InChI is InChI=1S/C6H16O2Si/c1-5(2)4-7-6(3)8-9/h5-6H,4H2,1-3,9H3. The summed E-state index contributed by atoms with van der Waals surface area (Å²) in [7, 11) is 0.758. The molecule has 0 spiro atoms. The molecule has 56 valence electrons. The Morgan fingerprint density at radius 3 is 2.22 bits per heavy atom. The fourth-order valence-corrected chi connectivity index (χ4v) is 0.532. The van der Waals surface area contributed by atoms with E-state index in [0.29, 0.717) is 5.92 Å². The van der Waals surface area contributed by atoms with Gasteiger partial charge >= 0.3 is 0 Å². The molecule has 0 aliphatic heterocycles. The highest BCUT2D eigenvalue weighted by atomic mass is 28.2. The number of hydrogen-bond acceptors (Lipinski definition) is 2. The minimum Gasteiger partial charge on any atom is -0.404 e. The Morgan fingerprint density at radius 2 is 1.89 bits per heavy atom. The number of hydrogen-bond donors (Lipinski definition) is 0. The quantitative estimate of drug-likeness (QED) is 0.422. The minimum absolute atomic E-state index is 0.000864. The molecule has 0 N–H and O–H groups in total. The molecule has 0 heterocycles. The van der Waals surface area contributed by atoms with Gasteiger partial charge in [0.05, 0.1) is 6.61 Å². The van der Waals surface area contributed by atoms with Crippen LogP contribution in [0.1, 0.15) is 20.8 Å². The first-order chi connectivity index (χ1) is 4.16. The third-order valence-corrected chi connectivity index (χ3v) is 1.66. The Bertz CT molecular complexity index is 66.1. The molecule has 0 fully saturated rings. The topological polar surface area (TPSA) is 18.5 Å². The van der Waals surface area contributed by atoms with Crippen LogP contribution in [-0.2, 0) is 9.16 Å². The molecule has 0 radical (unpaired) electrons. The van der Waals surface area contributed by atoms with Crippen LogP contribution >= 0.6 is 0 Å². The Kier molecular flexibility index (Phi) is 5.04. The first kappa shape index (κ1) is 9.14. The van der Waals surface area contributed by atoms with Crippen molar-refractivity contribution in [3.8, 4) is 0 Å². The normalized spacial score (nSPS) is 14.7. The molecule has 3 heteroatoms. The molecular weight excluding hydrogens is 132 g/mol. The summed E-state index contributed by atoms with van der Waals surface area (Å²) < 4.78 is 10.3. The molecule has 0 aliphatic rings. The van der Waals surface area contributed by atoms with Crippen LogP contribution in [0.5, 0.6) is 0 Å². The van der Waals surface area contributed by atoms with Gasteiger partial charge in [0.1, 0.15) is 16.8 Å². The van der Waals surface area contributed by atoms with E-state index >= 15 is 0 Å². The van der Waals surface area contributed by atoms with Crippen molar-refractivity contribution in [2.45, 2.75) is 27.1 Å². The lowest BCUT2D eigenvalue weighted by Crippen LogP contribution is -2.14. The first-order valence-electron chi connectivity index (χ1n) is 3.31. The molecule has 0 rings (SSSR count). The van der Waals surface area contributed by atoms with E-state index in [4.69, 9.17) is 9.16 Å². The van der Waals surface area contributed by atoms with Gasteiger partial charge in [-0.1, -0.05) is 13.8 Å². The smallest absolute Gasteiger partial charge is 0.149 e. The molecule has 1 atom stereocenters. The molecule has 2 nitrogen and oxygen atoms in total.